The van der Waals surface area contributed by atoms with Gasteiger partial charge >= 0.3 is 0 Å². The van der Waals surface area contributed by atoms with Crippen molar-refractivity contribution in [3.05, 3.63) is 63.9 Å². The highest BCUT2D eigenvalue weighted by atomic mass is 79.9. The Morgan fingerprint density at radius 2 is 2.06 bits per heavy atom. The molecule has 1 heterocycles. The Morgan fingerprint density at radius 3 is 2.78 bits per heavy atom. The molecule has 1 N–H and O–H groups in total. The van der Waals surface area contributed by atoms with Gasteiger partial charge in [0.05, 0.1) is 0 Å². The van der Waals surface area contributed by atoms with Crippen LogP contribution in [0.25, 0.3) is 0 Å². The van der Waals surface area contributed by atoms with Crippen LogP contribution < -0.4 is 5.32 Å². The third kappa shape index (κ3) is 3.18. The summed E-state index contributed by atoms with van der Waals surface area (Å²) >= 11 is 3.59. The molecule has 3 heteroatoms. The van der Waals surface area contributed by atoms with Gasteiger partial charge in [-0.05, 0) is 42.7 Å². The standard InChI is InChI=1S/C15H17BrN2/c1-11-7-8-17-9-13(11)10-18-12(2)14-5-3-4-6-15(14)16/h3-9,12,18H,10H2,1-2H3. The molecule has 0 fully saturated rings. The summed E-state index contributed by atoms with van der Waals surface area (Å²) < 4.78 is 1.15. The normalized spacial score (nSPS) is 12.4. The molecular weight excluding hydrogens is 288 g/mol. The lowest BCUT2D eigenvalue weighted by molar-refractivity contribution is 0.570. The number of pyridine rings is 1. The fraction of sp³-hybridized carbons (Fsp3) is 0.267. The van der Waals surface area contributed by atoms with E-state index in [-0.39, 0.29) is 0 Å². The molecule has 1 unspecified atom stereocenters. The van der Waals surface area contributed by atoms with Crippen molar-refractivity contribution in [2.75, 3.05) is 0 Å². The van der Waals surface area contributed by atoms with E-state index in [1.54, 1.807) is 0 Å². The van der Waals surface area contributed by atoms with Crippen molar-refractivity contribution < 1.29 is 0 Å². The third-order valence-corrected chi connectivity index (χ3v) is 3.84. The summed E-state index contributed by atoms with van der Waals surface area (Å²) in [4.78, 5) is 4.16. The smallest absolute Gasteiger partial charge is 0.0315 e. The van der Waals surface area contributed by atoms with Crippen LogP contribution in [-0.2, 0) is 6.54 Å². The maximum absolute atomic E-state index is 4.16. The summed E-state index contributed by atoms with van der Waals surface area (Å²) in [5.41, 5.74) is 3.80. The molecule has 0 bridgehead atoms. The number of hydrogen-bond acceptors (Lipinski definition) is 2. The predicted octanol–water partition coefficient (Wildman–Crippen LogP) is 4.00. The lowest BCUT2D eigenvalue weighted by Gasteiger charge is -2.16. The van der Waals surface area contributed by atoms with Crippen molar-refractivity contribution in [3.8, 4) is 0 Å². The summed E-state index contributed by atoms with van der Waals surface area (Å²) in [6, 6.07) is 10.7. The van der Waals surface area contributed by atoms with E-state index in [2.05, 4.69) is 58.3 Å². The molecule has 0 amide bonds. The monoisotopic (exact) mass is 304 g/mol. The van der Waals surface area contributed by atoms with Crippen molar-refractivity contribution in [1.29, 1.82) is 0 Å². The summed E-state index contributed by atoms with van der Waals surface area (Å²) in [7, 11) is 0. The Kier molecular flexibility index (Phi) is 4.50. The molecule has 0 saturated carbocycles. The number of nitrogens with one attached hydrogen (secondary N) is 1. The Hall–Kier alpha value is -1.19. The van der Waals surface area contributed by atoms with Crippen molar-refractivity contribution >= 4 is 15.9 Å². The molecule has 0 saturated heterocycles. The minimum atomic E-state index is 0.306. The number of benzene rings is 1. The van der Waals surface area contributed by atoms with E-state index < -0.39 is 0 Å². The molecule has 1 aromatic heterocycles. The first-order valence-corrected chi connectivity index (χ1v) is 6.85. The van der Waals surface area contributed by atoms with Crippen molar-refractivity contribution in [2.45, 2.75) is 26.4 Å². The molecule has 2 rings (SSSR count). The first-order chi connectivity index (χ1) is 8.68. The second-order valence-corrected chi connectivity index (χ2v) is 5.28. The topological polar surface area (TPSA) is 24.9 Å². The fourth-order valence-corrected chi connectivity index (χ4v) is 2.51. The zero-order chi connectivity index (χ0) is 13.0. The van der Waals surface area contributed by atoms with Crippen LogP contribution in [0.2, 0.25) is 0 Å². The molecule has 0 aliphatic carbocycles. The first kappa shape index (κ1) is 13.2. The molecular formula is C15H17BrN2. The van der Waals surface area contributed by atoms with E-state index in [0.717, 1.165) is 11.0 Å². The minimum absolute atomic E-state index is 0.306. The van der Waals surface area contributed by atoms with Gasteiger partial charge in [-0.15, -0.1) is 0 Å². The Bertz CT molecular complexity index is 525. The molecule has 0 radical (unpaired) electrons. The Balaban J connectivity index is 2.03. The van der Waals surface area contributed by atoms with Crippen LogP contribution in [0.3, 0.4) is 0 Å². The van der Waals surface area contributed by atoms with E-state index in [9.17, 15) is 0 Å². The van der Waals surface area contributed by atoms with E-state index in [4.69, 9.17) is 0 Å². The molecule has 0 aliphatic heterocycles. The number of aromatic nitrogens is 1. The van der Waals surface area contributed by atoms with E-state index in [1.807, 2.05) is 24.5 Å². The average molecular weight is 305 g/mol. The third-order valence-electron chi connectivity index (χ3n) is 3.12. The highest BCUT2D eigenvalue weighted by Gasteiger charge is 2.08. The van der Waals surface area contributed by atoms with E-state index in [0.29, 0.717) is 6.04 Å². The molecule has 1 atom stereocenters. The number of hydrogen-bond donors (Lipinski definition) is 1. The maximum atomic E-state index is 4.16. The van der Waals surface area contributed by atoms with Crippen molar-refractivity contribution in [2.24, 2.45) is 0 Å². The van der Waals surface area contributed by atoms with Gasteiger partial charge in [0.25, 0.3) is 0 Å². The Labute approximate surface area is 117 Å². The van der Waals surface area contributed by atoms with E-state index >= 15 is 0 Å². The van der Waals surface area contributed by atoms with Crippen LogP contribution in [0.4, 0.5) is 0 Å². The van der Waals surface area contributed by atoms with Crippen LogP contribution in [0, 0.1) is 6.92 Å². The van der Waals surface area contributed by atoms with Crippen LogP contribution in [0.15, 0.2) is 47.2 Å². The van der Waals surface area contributed by atoms with Crippen molar-refractivity contribution in [1.82, 2.24) is 10.3 Å². The molecule has 0 aliphatic rings. The molecule has 1 aromatic carbocycles. The first-order valence-electron chi connectivity index (χ1n) is 6.06. The molecule has 2 nitrogen and oxygen atoms in total. The lowest BCUT2D eigenvalue weighted by atomic mass is 10.1. The molecule has 2 aromatic rings. The quantitative estimate of drug-likeness (QED) is 0.923. The van der Waals surface area contributed by atoms with Gasteiger partial charge < -0.3 is 5.32 Å². The fourth-order valence-electron chi connectivity index (χ4n) is 1.88. The zero-order valence-corrected chi connectivity index (χ0v) is 12.2. The average Bonchev–Trinajstić information content (AvgIpc) is 2.38. The summed E-state index contributed by atoms with van der Waals surface area (Å²) in [6.07, 6.45) is 3.76. The summed E-state index contributed by atoms with van der Waals surface area (Å²) in [6.45, 7) is 5.12. The highest BCUT2D eigenvalue weighted by molar-refractivity contribution is 9.10. The van der Waals surface area contributed by atoms with Gasteiger partial charge in [0.1, 0.15) is 0 Å². The second-order valence-electron chi connectivity index (χ2n) is 4.43. The number of aryl methyl sites for hydroxylation is 1. The van der Waals surface area contributed by atoms with Crippen LogP contribution in [0.1, 0.15) is 29.7 Å². The van der Waals surface area contributed by atoms with Crippen LogP contribution in [-0.4, -0.2) is 4.98 Å². The van der Waals surface area contributed by atoms with Gasteiger partial charge in [0.2, 0.25) is 0 Å². The molecule has 18 heavy (non-hydrogen) atoms. The van der Waals surface area contributed by atoms with Gasteiger partial charge in [-0.2, -0.15) is 0 Å². The minimum Gasteiger partial charge on any atom is -0.306 e. The van der Waals surface area contributed by atoms with E-state index in [1.165, 1.54) is 16.7 Å². The largest absolute Gasteiger partial charge is 0.306 e. The predicted molar refractivity (Wildman–Crippen MR) is 78.4 cm³/mol. The van der Waals surface area contributed by atoms with Gasteiger partial charge in [0, 0.05) is 29.5 Å². The number of halogens is 1. The number of rotatable bonds is 4. The summed E-state index contributed by atoms with van der Waals surface area (Å²) in [5, 5.41) is 3.53. The number of nitrogens with zero attached hydrogens (tertiary/aromatic N) is 1. The van der Waals surface area contributed by atoms with Crippen LogP contribution in [0.5, 0.6) is 0 Å². The second kappa shape index (κ2) is 6.12. The maximum Gasteiger partial charge on any atom is 0.0315 e. The highest BCUT2D eigenvalue weighted by Crippen LogP contribution is 2.23. The molecule has 94 valence electrons. The van der Waals surface area contributed by atoms with Gasteiger partial charge in [-0.3, -0.25) is 4.98 Å². The molecule has 0 spiro atoms. The Morgan fingerprint density at radius 1 is 1.28 bits per heavy atom. The van der Waals surface area contributed by atoms with Crippen molar-refractivity contribution in [3.63, 3.8) is 0 Å². The van der Waals surface area contributed by atoms with Gasteiger partial charge in [-0.25, -0.2) is 0 Å². The lowest BCUT2D eigenvalue weighted by Crippen LogP contribution is -2.19. The van der Waals surface area contributed by atoms with Gasteiger partial charge in [-0.1, -0.05) is 34.1 Å². The SMILES string of the molecule is Cc1ccncc1CNC(C)c1ccccc1Br. The zero-order valence-electron chi connectivity index (χ0n) is 10.7. The summed E-state index contributed by atoms with van der Waals surface area (Å²) in [5.74, 6) is 0. The van der Waals surface area contributed by atoms with Gasteiger partial charge in [0.15, 0.2) is 0 Å². The van der Waals surface area contributed by atoms with Crippen LogP contribution >= 0.6 is 15.9 Å².